The van der Waals surface area contributed by atoms with E-state index in [0.29, 0.717) is 23.3 Å². The molecule has 0 bridgehead atoms. The highest BCUT2D eigenvalue weighted by atomic mass is 32.2. The van der Waals surface area contributed by atoms with Crippen molar-refractivity contribution in [2.45, 2.75) is 19.1 Å². The molecule has 4 aromatic rings. The summed E-state index contributed by atoms with van der Waals surface area (Å²) in [5.74, 6) is 4.38. The van der Waals surface area contributed by atoms with Gasteiger partial charge in [0.1, 0.15) is 18.2 Å². The van der Waals surface area contributed by atoms with Gasteiger partial charge in [-0.2, -0.15) is 9.78 Å². The van der Waals surface area contributed by atoms with Gasteiger partial charge in [0.25, 0.3) is 5.95 Å². The minimum atomic E-state index is -0.152. The molecule has 174 valence electrons. The highest BCUT2D eigenvalue weighted by Crippen LogP contribution is 2.46. The normalized spacial score (nSPS) is 15.0. The van der Waals surface area contributed by atoms with E-state index in [1.165, 1.54) is 0 Å². The number of ether oxygens (including phenoxy) is 1. The van der Waals surface area contributed by atoms with Gasteiger partial charge in [0.15, 0.2) is 0 Å². The molecule has 5 rings (SSSR count). The molecule has 35 heavy (non-hydrogen) atoms. The lowest BCUT2D eigenvalue weighted by Gasteiger charge is -2.17. The lowest BCUT2D eigenvalue weighted by molar-refractivity contribution is -0.113. The Kier molecular flexibility index (Phi) is 6.25. The Morgan fingerprint density at radius 2 is 1.83 bits per heavy atom. The van der Waals surface area contributed by atoms with Crippen LogP contribution in [0, 0.1) is 26.2 Å². The number of nitrogens with one attached hydrogen (secondary N) is 1. The van der Waals surface area contributed by atoms with Gasteiger partial charge in [-0.1, -0.05) is 48.4 Å². The fourth-order valence-corrected chi connectivity index (χ4v) is 5.22. The molecule has 2 aromatic carbocycles. The molecule has 2 aromatic heterocycles. The second-order valence-electron chi connectivity index (χ2n) is 8.14. The Hall–Kier alpha value is -4.09. The number of amides is 1. The molecule has 1 amide bonds. The standard InChI is InChI=1S/C27H23N5O2S/c1-4-14-34-21-12-10-20(11-13-21)25-23-24(19-8-6-5-7-9-19)31-32(26(23)30-22(33)16-35-25)27-28-17(2)15-18(3)29-27/h1,5-13,15,25H,14,16H2,2-3H3,(H,30,33)/t25-/m1/s1. The number of benzene rings is 2. The summed E-state index contributed by atoms with van der Waals surface area (Å²) in [6.07, 6.45) is 5.31. The van der Waals surface area contributed by atoms with Gasteiger partial charge in [-0.15, -0.1) is 18.2 Å². The highest BCUT2D eigenvalue weighted by molar-refractivity contribution is 8.00. The van der Waals surface area contributed by atoms with Gasteiger partial charge in [-0.3, -0.25) is 4.79 Å². The third-order valence-corrected chi connectivity index (χ3v) is 6.81. The number of fused-ring (bicyclic) bond motifs is 1. The monoisotopic (exact) mass is 481 g/mol. The zero-order valence-electron chi connectivity index (χ0n) is 19.4. The number of aryl methyl sites for hydroxylation is 2. The van der Waals surface area contributed by atoms with Crippen LogP contribution in [0.25, 0.3) is 17.2 Å². The molecule has 1 aliphatic rings. The van der Waals surface area contributed by atoms with Crippen LogP contribution >= 0.6 is 11.8 Å². The molecule has 0 saturated heterocycles. The molecule has 1 atom stereocenters. The van der Waals surface area contributed by atoms with E-state index in [-0.39, 0.29) is 17.8 Å². The molecule has 0 saturated carbocycles. The number of aromatic nitrogens is 4. The number of nitrogens with zero attached hydrogens (tertiary/aromatic N) is 4. The van der Waals surface area contributed by atoms with Crippen LogP contribution in [0.5, 0.6) is 5.75 Å². The van der Waals surface area contributed by atoms with E-state index in [2.05, 4.69) is 21.2 Å². The second kappa shape index (κ2) is 9.65. The van der Waals surface area contributed by atoms with E-state index in [9.17, 15) is 4.79 Å². The summed E-state index contributed by atoms with van der Waals surface area (Å²) in [4.78, 5) is 22.0. The SMILES string of the molecule is C#CCOc1ccc([C@H]2SCC(=O)Nc3c2c(-c2ccccc2)nn3-c2nc(C)cc(C)n2)cc1. The molecule has 0 unspecified atom stereocenters. The Morgan fingerprint density at radius 3 is 2.51 bits per heavy atom. The molecular formula is C27H23N5O2S. The van der Waals surface area contributed by atoms with Crippen LogP contribution in [0.3, 0.4) is 0 Å². The minimum Gasteiger partial charge on any atom is -0.481 e. The Morgan fingerprint density at radius 1 is 1.11 bits per heavy atom. The zero-order chi connectivity index (χ0) is 24.4. The van der Waals surface area contributed by atoms with Crippen LogP contribution < -0.4 is 10.1 Å². The molecule has 1 N–H and O–H groups in total. The molecule has 3 heterocycles. The van der Waals surface area contributed by atoms with Crippen LogP contribution in [0.2, 0.25) is 0 Å². The lowest BCUT2D eigenvalue weighted by atomic mass is 10.00. The van der Waals surface area contributed by atoms with Crippen molar-refractivity contribution in [3.63, 3.8) is 0 Å². The Bertz CT molecular complexity index is 1400. The molecule has 0 fully saturated rings. The van der Waals surface area contributed by atoms with E-state index < -0.39 is 0 Å². The number of hydrogen-bond donors (Lipinski definition) is 1. The van der Waals surface area contributed by atoms with Gasteiger partial charge in [-0.25, -0.2) is 9.97 Å². The average molecular weight is 482 g/mol. The quantitative estimate of drug-likeness (QED) is 0.415. The lowest BCUT2D eigenvalue weighted by Crippen LogP contribution is -2.17. The maximum Gasteiger partial charge on any atom is 0.252 e. The van der Waals surface area contributed by atoms with Gasteiger partial charge in [0, 0.05) is 22.5 Å². The number of anilines is 1. The first-order valence-electron chi connectivity index (χ1n) is 11.1. The first-order chi connectivity index (χ1) is 17.0. The molecule has 0 spiro atoms. The summed E-state index contributed by atoms with van der Waals surface area (Å²) in [5, 5.41) is 7.86. The van der Waals surface area contributed by atoms with Crippen molar-refractivity contribution in [1.29, 1.82) is 0 Å². The van der Waals surface area contributed by atoms with E-state index in [1.807, 2.05) is 74.5 Å². The predicted octanol–water partition coefficient (Wildman–Crippen LogP) is 4.73. The van der Waals surface area contributed by atoms with Crippen LogP contribution in [0.4, 0.5) is 5.82 Å². The van der Waals surface area contributed by atoms with Crippen molar-refractivity contribution in [2.75, 3.05) is 17.7 Å². The number of rotatable bonds is 5. The molecule has 7 nitrogen and oxygen atoms in total. The molecule has 8 heteroatoms. The highest BCUT2D eigenvalue weighted by Gasteiger charge is 2.33. The largest absolute Gasteiger partial charge is 0.481 e. The van der Waals surface area contributed by atoms with E-state index in [4.69, 9.17) is 16.3 Å². The third kappa shape index (κ3) is 4.63. The van der Waals surface area contributed by atoms with Crippen molar-refractivity contribution in [3.8, 4) is 35.3 Å². The fourth-order valence-electron chi connectivity index (χ4n) is 4.09. The van der Waals surface area contributed by atoms with Gasteiger partial charge in [0.05, 0.1) is 16.7 Å². The van der Waals surface area contributed by atoms with Gasteiger partial charge >= 0.3 is 0 Å². The smallest absolute Gasteiger partial charge is 0.252 e. The third-order valence-electron chi connectivity index (χ3n) is 5.54. The van der Waals surface area contributed by atoms with Crippen LogP contribution in [-0.2, 0) is 4.79 Å². The average Bonchev–Trinajstić information content (AvgIpc) is 3.13. The van der Waals surface area contributed by atoms with E-state index in [0.717, 1.165) is 33.8 Å². The van der Waals surface area contributed by atoms with Crippen molar-refractivity contribution < 1.29 is 9.53 Å². The van der Waals surface area contributed by atoms with Crippen LogP contribution in [-0.4, -0.2) is 38.0 Å². The summed E-state index contributed by atoms with van der Waals surface area (Å²) >= 11 is 1.56. The van der Waals surface area contributed by atoms with Gasteiger partial charge in [-0.05, 0) is 37.6 Å². The van der Waals surface area contributed by atoms with Crippen LogP contribution in [0.15, 0.2) is 60.7 Å². The summed E-state index contributed by atoms with van der Waals surface area (Å²) in [6, 6.07) is 19.7. The summed E-state index contributed by atoms with van der Waals surface area (Å²) in [6.45, 7) is 4.04. The maximum absolute atomic E-state index is 12.8. The molecule has 0 aliphatic carbocycles. The summed E-state index contributed by atoms with van der Waals surface area (Å²) < 4.78 is 7.20. The van der Waals surface area contributed by atoms with Crippen LogP contribution in [0.1, 0.15) is 27.8 Å². The van der Waals surface area contributed by atoms with Crippen molar-refractivity contribution >= 4 is 23.5 Å². The number of thioether (sulfide) groups is 1. The molecule has 0 radical (unpaired) electrons. The molecule has 1 aliphatic heterocycles. The second-order valence-corrected chi connectivity index (χ2v) is 9.23. The predicted molar refractivity (Wildman–Crippen MR) is 138 cm³/mol. The van der Waals surface area contributed by atoms with Gasteiger partial charge in [0.2, 0.25) is 5.91 Å². The summed E-state index contributed by atoms with van der Waals surface area (Å²) in [5.41, 5.74) is 5.31. The molecular weight excluding hydrogens is 458 g/mol. The van der Waals surface area contributed by atoms with Crippen molar-refractivity contribution in [1.82, 2.24) is 19.7 Å². The van der Waals surface area contributed by atoms with Gasteiger partial charge < -0.3 is 10.1 Å². The number of hydrogen-bond acceptors (Lipinski definition) is 6. The fraction of sp³-hybridized carbons (Fsp3) is 0.185. The topological polar surface area (TPSA) is 81.9 Å². The van der Waals surface area contributed by atoms with E-state index in [1.54, 1.807) is 16.4 Å². The first-order valence-corrected chi connectivity index (χ1v) is 12.2. The number of carbonyl (C=O) groups excluding carboxylic acids is 1. The van der Waals surface area contributed by atoms with Crippen molar-refractivity contribution in [3.05, 3.63) is 83.2 Å². The maximum atomic E-state index is 12.8. The van der Waals surface area contributed by atoms with E-state index >= 15 is 0 Å². The number of terminal acetylenes is 1. The zero-order valence-corrected chi connectivity index (χ0v) is 20.2. The first kappa shape index (κ1) is 22.7. The minimum absolute atomic E-state index is 0.0992. The Balaban J connectivity index is 1.71. The summed E-state index contributed by atoms with van der Waals surface area (Å²) in [7, 11) is 0. The van der Waals surface area contributed by atoms with Crippen molar-refractivity contribution in [2.24, 2.45) is 0 Å². The Labute approximate surface area is 208 Å². The number of carbonyl (C=O) groups is 1.